The number of aliphatic carboxylic acids is 2. The van der Waals surface area contributed by atoms with Crippen molar-refractivity contribution >= 4 is 11.9 Å². The fourth-order valence-corrected chi connectivity index (χ4v) is 2.27. The van der Waals surface area contributed by atoms with Crippen LogP contribution in [0.15, 0.2) is 0 Å². The van der Waals surface area contributed by atoms with Crippen molar-refractivity contribution in [2.75, 3.05) is 13.1 Å². The lowest BCUT2D eigenvalue weighted by Crippen LogP contribution is -2.43. The zero-order chi connectivity index (χ0) is 12.1. The molecule has 92 valence electrons. The smallest absolute Gasteiger partial charge is 0.317 e. The van der Waals surface area contributed by atoms with Crippen molar-refractivity contribution in [1.82, 2.24) is 4.90 Å². The van der Waals surface area contributed by atoms with Crippen LogP contribution in [0.5, 0.6) is 0 Å². The van der Waals surface area contributed by atoms with Crippen molar-refractivity contribution < 1.29 is 19.8 Å². The number of carbonyl (C=O) groups is 2. The summed E-state index contributed by atoms with van der Waals surface area (Å²) in [5, 5.41) is 17.5. The van der Waals surface area contributed by atoms with Gasteiger partial charge in [-0.15, -0.1) is 0 Å². The maximum Gasteiger partial charge on any atom is 0.317 e. The van der Waals surface area contributed by atoms with Crippen LogP contribution < -0.4 is 0 Å². The van der Waals surface area contributed by atoms with E-state index in [1.54, 1.807) is 4.90 Å². The zero-order valence-electron chi connectivity index (χ0n) is 9.56. The molecule has 0 heterocycles. The van der Waals surface area contributed by atoms with E-state index < -0.39 is 11.9 Å². The summed E-state index contributed by atoms with van der Waals surface area (Å²) >= 11 is 0. The minimum absolute atomic E-state index is 0.114. The van der Waals surface area contributed by atoms with Gasteiger partial charge in [0.05, 0.1) is 13.1 Å². The Morgan fingerprint density at radius 1 is 1.06 bits per heavy atom. The number of carboxylic acids is 2. The van der Waals surface area contributed by atoms with Crippen molar-refractivity contribution in [3.05, 3.63) is 0 Å². The van der Waals surface area contributed by atoms with E-state index in [4.69, 9.17) is 10.2 Å². The van der Waals surface area contributed by atoms with Gasteiger partial charge in [0.1, 0.15) is 0 Å². The monoisotopic (exact) mass is 229 g/mol. The van der Waals surface area contributed by atoms with Gasteiger partial charge >= 0.3 is 11.9 Å². The quantitative estimate of drug-likeness (QED) is 0.736. The van der Waals surface area contributed by atoms with Gasteiger partial charge in [0.2, 0.25) is 0 Å². The summed E-state index contributed by atoms with van der Waals surface area (Å²) in [7, 11) is 0. The second-order valence-electron chi connectivity index (χ2n) is 4.61. The molecule has 1 aliphatic carbocycles. The van der Waals surface area contributed by atoms with E-state index in [0.29, 0.717) is 5.92 Å². The lowest BCUT2D eigenvalue weighted by atomic mass is 9.86. The van der Waals surface area contributed by atoms with E-state index >= 15 is 0 Å². The highest BCUT2D eigenvalue weighted by molar-refractivity contribution is 5.72. The molecule has 0 unspecified atom stereocenters. The molecule has 0 bridgehead atoms. The largest absolute Gasteiger partial charge is 0.480 e. The number of hydrogen-bond acceptors (Lipinski definition) is 3. The summed E-state index contributed by atoms with van der Waals surface area (Å²) in [5.74, 6) is -1.24. The maximum atomic E-state index is 10.7. The Hall–Kier alpha value is -1.10. The van der Waals surface area contributed by atoms with E-state index in [-0.39, 0.29) is 19.1 Å². The van der Waals surface area contributed by atoms with Crippen LogP contribution in [-0.2, 0) is 9.59 Å². The molecule has 5 heteroatoms. The molecule has 0 aromatic carbocycles. The third-order valence-corrected chi connectivity index (χ3v) is 3.18. The first kappa shape index (κ1) is 13.0. The van der Waals surface area contributed by atoms with Gasteiger partial charge in [-0.1, -0.05) is 6.92 Å². The number of carboxylic acid groups (broad SMARTS) is 2. The predicted octanol–water partition coefficient (Wildman–Crippen LogP) is 1.04. The third-order valence-electron chi connectivity index (χ3n) is 3.18. The Bertz CT molecular complexity index is 243. The third kappa shape index (κ3) is 4.18. The maximum absolute atomic E-state index is 10.7. The van der Waals surface area contributed by atoms with E-state index in [0.717, 1.165) is 25.7 Å². The molecule has 0 aliphatic heterocycles. The Balaban J connectivity index is 2.53. The summed E-state index contributed by atoms with van der Waals surface area (Å²) in [5.41, 5.74) is 0. The molecule has 0 atom stereocenters. The van der Waals surface area contributed by atoms with Crippen molar-refractivity contribution in [3.8, 4) is 0 Å². The molecule has 16 heavy (non-hydrogen) atoms. The summed E-state index contributed by atoms with van der Waals surface area (Å²) in [4.78, 5) is 22.9. The predicted molar refractivity (Wildman–Crippen MR) is 58.3 cm³/mol. The highest BCUT2D eigenvalue weighted by Crippen LogP contribution is 2.26. The highest BCUT2D eigenvalue weighted by Gasteiger charge is 2.26. The summed E-state index contributed by atoms with van der Waals surface area (Å²) in [6.07, 6.45) is 3.92. The molecule has 0 saturated heterocycles. The minimum atomic E-state index is -0.958. The molecule has 1 saturated carbocycles. The van der Waals surface area contributed by atoms with Crippen molar-refractivity contribution in [2.45, 2.75) is 38.6 Å². The SMILES string of the molecule is CC1CCC(N(CC(=O)O)CC(=O)O)CC1. The molecule has 0 amide bonds. The fraction of sp³-hybridized carbons (Fsp3) is 0.818. The molecule has 0 spiro atoms. The molecule has 0 aromatic rings. The number of nitrogens with zero attached hydrogens (tertiary/aromatic N) is 1. The van der Waals surface area contributed by atoms with Crippen LogP contribution in [0.1, 0.15) is 32.6 Å². The second-order valence-corrected chi connectivity index (χ2v) is 4.61. The van der Waals surface area contributed by atoms with Crippen LogP contribution >= 0.6 is 0 Å². The van der Waals surface area contributed by atoms with E-state index in [1.165, 1.54) is 0 Å². The van der Waals surface area contributed by atoms with E-state index in [2.05, 4.69) is 6.92 Å². The average Bonchev–Trinajstić information content (AvgIpc) is 2.16. The van der Waals surface area contributed by atoms with Gasteiger partial charge in [0.25, 0.3) is 0 Å². The molecule has 0 aromatic heterocycles. The molecule has 1 rings (SSSR count). The average molecular weight is 229 g/mol. The standard InChI is InChI=1S/C11H19NO4/c1-8-2-4-9(5-3-8)12(6-10(13)14)7-11(15)16/h8-9H,2-7H2,1H3,(H,13,14)(H,15,16). The van der Waals surface area contributed by atoms with Gasteiger partial charge in [0, 0.05) is 6.04 Å². The molecule has 2 N–H and O–H groups in total. The van der Waals surface area contributed by atoms with Crippen LogP contribution in [0, 0.1) is 5.92 Å². The van der Waals surface area contributed by atoms with Gasteiger partial charge in [-0.05, 0) is 31.6 Å². The zero-order valence-corrected chi connectivity index (χ0v) is 9.56. The Kier molecular flexibility index (Phi) is 4.73. The summed E-state index contributed by atoms with van der Waals surface area (Å²) in [6.45, 7) is 1.83. The minimum Gasteiger partial charge on any atom is -0.480 e. The normalized spacial score (nSPS) is 25.6. The Morgan fingerprint density at radius 2 is 1.50 bits per heavy atom. The molecule has 0 radical (unpaired) electrons. The highest BCUT2D eigenvalue weighted by atomic mass is 16.4. The van der Waals surface area contributed by atoms with Gasteiger partial charge in [0.15, 0.2) is 0 Å². The Morgan fingerprint density at radius 3 is 1.88 bits per heavy atom. The van der Waals surface area contributed by atoms with E-state index in [1.807, 2.05) is 0 Å². The molecule has 1 fully saturated rings. The number of hydrogen-bond donors (Lipinski definition) is 2. The van der Waals surface area contributed by atoms with Crippen LogP contribution in [0.3, 0.4) is 0 Å². The van der Waals surface area contributed by atoms with Crippen molar-refractivity contribution in [1.29, 1.82) is 0 Å². The first-order valence-corrected chi connectivity index (χ1v) is 5.66. The molecule has 1 aliphatic rings. The summed E-state index contributed by atoms with van der Waals surface area (Å²) in [6, 6.07) is 0.114. The first-order chi connectivity index (χ1) is 7.49. The van der Waals surface area contributed by atoms with Crippen molar-refractivity contribution in [2.24, 2.45) is 5.92 Å². The molecular weight excluding hydrogens is 210 g/mol. The lowest BCUT2D eigenvalue weighted by Gasteiger charge is -2.34. The topological polar surface area (TPSA) is 77.8 Å². The fourth-order valence-electron chi connectivity index (χ4n) is 2.27. The summed E-state index contributed by atoms with van der Waals surface area (Å²) < 4.78 is 0. The molecule has 5 nitrogen and oxygen atoms in total. The van der Waals surface area contributed by atoms with Crippen LogP contribution in [-0.4, -0.2) is 46.2 Å². The van der Waals surface area contributed by atoms with Crippen molar-refractivity contribution in [3.63, 3.8) is 0 Å². The molecular formula is C11H19NO4. The van der Waals surface area contributed by atoms with Crippen LogP contribution in [0.25, 0.3) is 0 Å². The van der Waals surface area contributed by atoms with Crippen LogP contribution in [0.4, 0.5) is 0 Å². The van der Waals surface area contributed by atoms with E-state index in [9.17, 15) is 9.59 Å². The van der Waals surface area contributed by atoms with Gasteiger partial charge in [-0.2, -0.15) is 0 Å². The van der Waals surface area contributed by atoms with Gasteiger partial charge in [-0.3, -0.25) is 14.5 Å². The first-order valence-electron chi connectivity index (χ1n) is 5.66. The number of rotatable bonds is 5. The second kappa shape index (κ2) is 5.84. The van der Waals surface area contributed by atoms with Gasteiger partial charge < -0.3 is 10.2 Å². The lowest BCUT2D eigenvalue weighted by molar-refractivity contribution is -0.143. The van der Waals surface area contributed by atoms with Crippen LogP contribution in [0.2, 0.25) is 0 Å². The Labute approximate surface area is 95.1 Å². The van der Waals surface area contributed by atoms with Gasteiger partial charge in [-0.25, -0.2) is 0 Å².